The van der Waals surface area contributed by atoms with Gasteiger partial charge in [-0.3, -0.25) is 4.79 Å². The Kier molecular flexibility index (Phi) is 5.33. The van der Waals surface area contributed by atoms with Crippen LogP contribution in [0.5, 0.6) is 0 Å². The Balaban J connectivity index is 2.69. The number of hydrogen-bond acceptors (Lipinski definition) is 4. The third-order valence-electron chi connectivity index (χ3n) is 2.21. The molecule has 1 rings (SSSR count). The van der Waals surface area contributed by atoms with Gasteiger partial charge in [0.1, 0.15) is 12.0 Å². The van der Waals surface area contributed by atoms with E-state index in [0.717, 1.165) is 5.56 Å². The standard InChI is InChI=1S/C16H18O4/c1-16(2,3)20-15(18)13-10-8-12(9-11-13)6-5-7-14(17)19-4/h8-11H,7H2,1-4H3. The third kappa shape index (κ3) is 5.57. The van der Waals surface area contributed by atoms with E-state index in [0.29, 0.717) is 5.56 Å². The maximum atomic E-state index is 11.8. The molecule has 0 saturated heterocycles. The molecule has 0 N–H and O–H groups in total. The van der Waals surface area contributed by atoms with E-state index < -0.39 is 5.60 Å². The molecule has 0 unspecified atom stereocenters. The van der Waals surface area contributed by atoms with Crippen LogP contribution in [0, 0.1) is 11.8 Å². The Hall–Kier alpha value is -2.28. The summed E-state index contributed by atoms with van der Waals surface area (Å²) < 4.78 is 9.74. The molecule has 0 amide bonds. The number of carbonyl (C=O) groups is 2. The van der Waals surface area contributed by atoms with Gasteiger partial charge in [0.15, 0.2) is 0 Å². The summed E-state index contributed by atoms with van der Waals surface area (Å²) in [6.45, 7) is 5.45. The lowest BCUT2D eigenvalue weighted by molar-refractivity contribution is -0.139. The highest BCUT2D eigenvalue weighted by molar-refractivity contribution is 5.89. The molecular formula is C16H18O4. The van der Waals surface area contributed by atoms with Gasteiger partial charge >= 0.3 is 11.9 Å². The zero-order chi connectivity index (χ0) is 15.2. The number of carbonyl (C=O) groups excluding carboxylic acids is 2. The summed E-state index contributed by atoms with van der Waals surface area (Å²) in [6, 6.07) is 6.72. The number of ether oxygens (including phenoxy) is 2. The van der Waals surface area contributed by atoms with E-state index in [9.17, 15) is 9.59 Å². The number of esters is 2. The molecule has 1 aromatic carbocycles. The first kappa shape index (κ1) is 15.8. The lowest BCUT2D eigenvalue weighted by Gasteiger charge is -2.19. The molecule has 0 aliphatic rings. The van der Waals surface area contributed by atoms with E-state index >= 15 is 0 Å². The van der Waals surface area contributed by atoms with E-state index in [-0.39, 0.29) is 18.4 Å². The second kappa shape index (κ2) is 6.76. The van der Waals surface area contributed by atoms with Crippen LogP contribution in [0.25, 0.3) is 0 Å². The van der Waals surface area contributed by atoms with Crippen LogP contribution in [0.15, 0.2) is 24.3 Å². The van der Waals surface area contributed by atoms with Gasteiger partial charge in [-0.15, -0.1) is 0 Å². The second-order valence-electron chi connectivity index (χ2n) is 5.13. The highest BCUT2D eigenvalue weighted by Crippen LogP contribution is 2.12. The Morgan fingerprint density at radius 2 is 1.75 bits per heavy atom. The molecule has 0 aromatic heterocycles. The zero-order valence-corrected chi connectivity index (χ0v) is 12.1. The van der Waals surface area contributed by atoms with Crippen LogP contribution in [0.4, 0.5) is 0 Å². The maximum Gasteiger partial charge on any atom is 0.338 e. The second-order valence-corrected chi connectivity index (χ2v) is 5.13. The summed E-state index contributed by atoms with van der Waals surface area (Å²) in [7, 11) is 1.32. The minimum Gasteiger partial charge on any atom is -0.468 e. The van der Waals surface area contributed by atoms with Crippen LogP contribution < -0.4 is 0 Å². The molecule has 0 spiro atoms. The monoisotopic (exact) mass is 274 g/mol. The van der Waals surface area contributed by atoms with Crippen molar-refractivity contribution in [1.82, 2.24) is 0 Å². The van der Waals surface area contributed by atoms with Crippen molar-refractivity contribution < 1.29 is 19.1 Å². The van der Waals surface area contributed by atoms with Crippen LogP contribution in [0.1, 0.15) is 43.1 Å². The van der Waals surface area contributed by atoms with Crippen molar-refractivity contribution in [2.75, 3.05) is 7.11 Å². The maximum absolute atomic E-state index is 11.8. The topological polar surface area (TPSA) is 52.6 Å². The van der Waals surface area contributed by atoms with E-state index in [4.69, 9.17) is 4.74 Å². The summed E-state index contributed by atoms with van der Waals surface area (Å²) >= 11 is 0. The number of methoxy groups -OCH3 is 1. The van der Waals surface area contributed by atoms with Gasteiger partial charge < -0.3 is 9.47 Å². The molecule has 4 nitrogen and oxygen atoms in total. The van der Waals surface area contributed by atoms with Crippen LogP contribution in [-0.4, -0.2) is 24.6 Å². The Morgan fingerprint density at radius 1 is 1.15 bits per heavy atom. The molecule has 0 saturated carbocycles. The van der Waals surface area contributed by atoms with E-state index in [2.05, 4.69) is 16.6 Å². The zero-order valence-electron chi connectivity index (χ0n) is 12.1. The fraction of sp³-hybridized carbons (Fsp3) is 0.375. The number of hydrogen-bond donors (Lipinski definition) is 0. The van der Waals surface area contributed by atoms with Crippen molar-refractivity contribution in [1.29, 1.82) is 0 Å². The van der Waals surface area contributed by atoms with E-state index in [1.807, 2.05) is 20.8 Å². The highest BCUT2D eigenvalue weighted by Gasteiger charge is 2.17. The Labute approximate surface area is 119 Å². The lowest BCUT2D eigenvalue weighted by Crippen LogP contribution is -2.23. The first-order valence-electron chi connectivity index (χ1n) is 6.21. The van der Waals surface area contributed by atoms with E-state index in [1.54, 1.807) is 24.3 Å². The highest BCUT2D eigenvalue weighted by atomic mass is 16.6. The molecule has 1 aromatic rings. The predicted octanol–water partition coefficient (Wildman–Crippen LogP) is 2.56. The fourth-order valence-electron chi connectivity index (χ4n) is 1.32. The van der Waals surface area contributed by atoms with Crippen LogP contribution in [-0.2, 0) is 14.3 Å². The van der Waals surface area contributed by atoms with Crippen molar-refractivity contribution in [2.24, 2.45) is 0 Å². The van der Waals surface area contributed by atoms with Gasteiger partial charge in [-0.2, -0.15) is 0 Å². The molecule has 0 aliphatic heterocycles. The predicted molar refractivity (Wildman–Crippen MR) is 75.1 cm³/mol. The molecular weight excluding hydrogens is 256 g/mol. The van der Waals surface area contributed by atoms with Crippen LogP contribution in [0.2, 0.25) is 0 Å². The van der Waals surface area contributed by atoms with Gasteiger partial charge in [0.05, 0.1) is 12.7 Å². The molecule has 20 heavy (non-hydrogen) atoms. The molecule has 0 aliphatic carbocycles. The summed E-state index contributed by atoms with van der Waals surface area (Å²) in [5.41, 5.74) is 0.676. The lowest BCUT2D eigenvalue weighted by atomic mass is 10.1. The molecule has 0 bridgehead atoms. The first-order valence-corrected chi connectivity index (χ1v) is 6.21. The van der Waals surface area contributed by atoms with Gasteiger partial charge in [0.2, 0.25) is 0 Å². The third-order valence-corrected chi connectivity index (χ3v) is 2.21. The van der Waals surface area contributed by atoms with Crippen molar-refractivity contribution in [2.45, 2.75) is 32.8 Å². The van der Waals surface area contributed by atoms with E-state index in [1.165, 1.54) is 7.11 Å². The normalized spacial score (nSPS) is 10.2. The van der Waals surface area contributed by atoms with Crippen LogP contribution >= 0.6 is 0 Å². The summed E-state index contributed by atoms with van der Waals surface area (Å²) in [4.78, 5) is 22.7. The molecule has 0 atom stereocenters. The quantitative estimate of drug-likeness (QED) is 0.614. The average Bonchev–Trinajstić information content (AvgIpc) is 2.37. The Bertz CT molecular complexity index is 539. The molecule has 4 heteroatoms. The number of rotatable bonds is 2. The van der Waals surface area contributed by atoms with Gasteiger partial charge in [0.25, 0.3) is 0 Å². The summed E-state index contributed by atoms with van der Waals surface area (Å²) in [5, 5.41) is 0. The van der Waals surface area contributed by atoms with Crippen molar-refractivity contribution in [3.63, 3.8) is 0 Å². The van der Waals surface area contributed by atoms with Gasteiger partial charge in [-0.05, 0) is 45.0 Å². The largest absolute Gasteiger partial charge is 0.468 e. The molecule has 106 valence electrons. The van der Waals surface area contributed by atoms with Crippen molar-refractivity contribution in [3.8, 4) is 11.8 Å². The smallest absolute Gasteiger partial charge is 0.338 e. The van der Waals surface area contributed by atoms with Crippen LogP contribution in [0.3, 0.4) is 0 Å². The summed E-state index contributed by atoms with van der Waals surface area (Å²) in [6.07, 6.45) is 0.0459. The van der Waals surface area contributed by atoms with Crippen molar-refractivity contribution in [3.05, 3.63) is 35.4 Å². The summed E-state index contributed by atoms with van der Waals surface area (Å²) in [5.74, 6) is 4.78. The first-order chi connectivity index (χ1) is 9.31. The minimum absolute atomic E-state index is 0.0459. The van der Waals surface area contributed by atoms with Gasteiger partial charge in [-0.1, -0.05) is 11.8 Å². The Morgan fingerprint density at radius 3 is 2.25 bits per heavy atom. The van der Waals surface area contributed by atoms with Gasteiger partial charge in [-0.25, -0.2) is 4.79 Å². The molecule has 0 fully saturated rings. The molecule has 0 radical (unpaired) electrons. The average molecular weight is 274 g/mol. The SMILES string of the molecule is COC(=O)CC#Cc1ccc(C(=O)OC(C)(C)C)cc1. The van der Waals surface area contributed by atoms with Gasteiger partial charge in [0, 0.05) is 5.56 Å². The number of benzene rings is 1. The minimum atomic E-state index is -0.518. The fourth-order valence-corrected chi connectivity index (χ4v) is 1.32. The van der Waals surface area contributed by atoms with Crippen molar-refractivity contribution >= 4 is 11.9 Å². The molecule has 0 heterocycles.